The summed E-state index contributed by atoms with van der Waals surface area (Å²) >= 11 is 0. The number of hydrogen-bond acceptors (Lipinski definition) is 4. The van der Waals surface area contributed by atoms with Crippen LogP contribution in [0.2, 0.25) is 0 Å². The molecule has 168 valence electrons. The number of anilines is 2. The number of hydrogen-bond donors (Lipinski definition) is 1. The topological polar surface area (TPSA) is 58.6 Å². The van der Waals surface area contributed by atoms with Crippen molar-refractivity contribution in [3.05, 3.63) is 95.7 Å². The molecule has 0 fully saturated rings. The number of nitrogens with zero attached hydrogens (tertiary/aromatic N) is 1. The van der Waals surface area contributed by atoms with Gasteiger partial charge in [-0.2, -0.15) is 13.2 Å². The molecule has 3 aromatic rings. The van der Waals surface area contributed by atoms with E-state index in [9.17, 15) is 22.8 Å². The quantitative estimate of drug-likeness (QED) is 0.502. The number of alkyl halides is 3. The third-order valence-corrected chi connectivity index (χ3v) is 5.03. The van der Waals surface area contributed by atoms with Gasteiger partial charge >= 0.3 is 6.18 Å². The van der Waals surface area contributed by atoms with E-state index in [4.69, 9.17) is 4.74 Å². The summed E-state index contributed by atoms with van der Waals surface area (Å²) in [4.78, 5) is 27.5. The molecule has 33 heavy (non-hydrogen) atoms. The molecule has 0 bridgehead atoms. The van der Waals surface area contributed by atoms with E-state index in [1.807, 2.05) is 6.92 Å². The summed E-state index contributed by atoms with van der Waals surface area (Å²) in [5.41, 5.74) is 0.421. The first-order chi connectivity index (χ1) is 15.8. The smallest absolute Gasteiger partial charge is 0.416 e. The number of ether oxygens (including phenoxy) is 1. The molecule has 5 nitrogen and oxygen atoms in total. The Labute approximate surface area is 188 Å². The molecule has 3 aromatic carbocycles. The van der Waals surface area contributed by atoms with Gasteiger partial charge in [0, 0.05) is 5.69 Å². The summed E-state index contributed by atoms with van der Waals surface area (Å²) in [6, 6.07) is 19.4. The Bertz CT molecular complexity index is 1200. The maximum absolute atomic E-state index is 13.3. The van der Waals surface area contributed by atoms with Crippen LogP contribution in [0, 0.1) is 0 Å². The van der Waals surface area contributed by atoms with Gasteiger partial charge in [0.15, 0.2) is 0 Å². The van der Waals surface area contributed by atoms with Crippen molar-refractivity contribution < 1.29 is 27.5 Å². The van der Waals surface area contributed by atoms with E-state index >= 15 is 0 Å². The van der Waals surface area contributed by atoms with Crippen molar-refractivity contribution in [2.75, 3.05) is 16.8 Å². The fourth-order valence-electron chi connectivity index (χ4n) is 3.50. The van der Waals surface area contributed by atoms with Gasteiger partial charge < -0.3 is 10.1 Å². The van der Waals surface area contributed by atoms with Gasteiger partial charge in [0.1, 0.15) is 11.4 Å². The first kappa shape index (κ1) is 22.1. The van der Waals surface area contributed by atoms with Gasteiger partial charge in [-0.1, -0.05) is 30.3 Å². The Morgan fingerprint density at radius 1 is 0.848 bits per heavy atom. The molecule has 0 saturated carbocycles. The van der Waals surface area contributed by atoms with Crippen molar-refractivity contribution >= 4 is 28.8 Å². The fourth-order valence-corrected chi connectivity index (χ4v) is 3.50. The van der Waals surface area contributed by atoms with Crippen molar-refractivity contribution in [1.82, 2.24) is 0 Å². The first-order valence-corrected chi connectivity index (χ1v) is 10.1. The van der Waals surface area contributed by atoms with Crippen LogP contribution in [-0.4, -0.2) is 18.4 Å². The minimum atomic E-state index is -4.52. The summed E-state index contributed by atoms with van der Waals surface area (Å²) in [6.45, 7) is 2.37. The standard InChI is InChI=1S/C25H19F3N2O3/c1-2-33-20-14-10-18(11-15-20)29-22-21(16-6-4-3-5-7-16)23(31)30(24(22)32)19-12-8-17(9-13-19)25(26,27)28/h3-15,29H,2H2,1H3. The number of benzene rings is 3. The number of carbonyl (C=O) groups excluding carboxylic acids is 2. The van der Waals surface area contributed by atoms with Crippen LogP contribution in [-0.2, 0) is 15.8 Å². The summed E-state index contributed by atoms with van der Waals surface area (Å²) in [7, 11) is 0. The number of amides is 2. The number of carbonyl (C=O) groups is 2. The molecule has 4 rings (SSSR count). The predicted molar refractivity (Wildman–Crippen MR) is 119 cm³/mol. The van der Waals surface area contributed by atoms with E-state index in [0.717, 1.165) is 29.2 Å². The van der Waals surface area contributed by atoms with Crippen molar-refractivity contribution in [2.24, 2.45) is 0 Å². The number of halogens is 3. The van der Waals surface area contributed by atoms with E-state index in [0.29, 0.717) is 23.6 Å². The zero-order valence-corrected chi connectivity index (χ0v) is 17.5. The Morgan fingerprint density at radius 2 is 1.48 bits per heavy atom. The first-order valence-electron chi connectivity index (χ1n) is 10.1. The monoisotopic (exact) mass is 452 g/mol. The Morgan fingerprint density at radius 3 is 2.06 bits per heavy atom. The lowest BCUT2D eigenvalue weighted by atomic mass is 10.0. The van der Waals surface area contributed by atoms with Crippen molar-refractivity contribution in [3.8, 4) is 5.75 Å². The third-order valence-electron chi connectivity index (χ3n) is 5.03. The Kier molecular flexibility index (Phi) is 5.91. The van der Waals surface area contributed by atoms with Crippen LogP contribution in [0.15, 0.2) is 84.6 Å². The van der Waals surface area contributed by atoms with Gasteiger partial charge in [-0.05, 0) is 61.0 Å². The molecule has 0 radical (unpaired) electrons. The average molecular weight is 452 g/mol. The second-order valence-electron chi connectivity index (χ2n) is 7.19. The highest BCUT2D eigenvalue weighted by molar-refractivity contribution is 6.46. The predicted octanol–water partition coefficient (Wildman–Crippen LogP) is 5.50. The number of nitrogens with one attached hydrogen (secondary N) is 1. The van der Waals surface area contributed by atoms with Crippen molar-refractivity contribution in [3.63, 3.8) is 0 Å². The van der Waals surface area contributed by atoms with E-state index in [-0.39, 0.29) is 17.0 Å². The minimum absolute atomic E-state index is 0.0373. The van der Waals surface area contributed by atoms with Crippen molar-refractivity contribution in [2.45, 2.75) is 13.1 Å². The third kappa shape index (κ3) is 4.45. The van der Waals surface area contributed by atoms with Gasteiger partial charge in [0.25, 0.3) is 11.8 Å². The summed E-state index contributed by atoms with van der Waals surface area (Å²) in [6.07, 6.45) is -4.52. The highest BCUT2D eigenvalue weighted by Gasteiger charge is 2.40. The second-order valence-corrected chi connectivity index (χ2v) is 7.19. The number of imide groups is 1. The van der Waals surface area contributed by atoms with E-state index < -0.39 is 23.6 Å². The zero-order chi connectivity index (χ0) is 23.6. The molecule has 0 aromatic heterocycles. The van der Waals surface area contributed by atoms with Crippen LogP contribution in [0.25, 0.3) is 5.57 Å². The van der Waals surface area contributed by atoms with Crippen LogP contribution in [0.1, 0.15) is 18.1 Å². The van der Waals surface area contributed by atoms with Gasteiger partial charge in [-0.3, -0.25) is 9.59 Å². The van der Waals surface area contributed by atoms with Crippen molar-refractivity contribution in [1.29, 1.82) is 0 Å². The van der Waals surface area contributed by atoms with Crippen LogP contribution in [0.4, 0.5) is 24.5 Å². The molecule has 0 saturated heterocycles. The van der Waals surface area contributed by atoms with Crippen LogP contribution >= 0.6 is 0 Å². The Hall–Kier alpha value is -4.07. The average Bonchev–Trinajstić information content (AvgIpc) is 3.04. The highest BCUT2D eigenvalue weighted by atomic mass is 19.4. The lowest BCUT2D eigenvalue weighted by Crippen LogP contribution is -2.32. The molecule has 1 aliphatic heterocycles. The molecule has 0 aliphatic carbocycles. The van der Waals surface area contributed by atoms with Gasteiger partial charge in [-0.25, -0.2) is 4.90 Å². The lowest BCUT2D eigenvalue weighted by molar-refractivity contribution is -0.137. The summed E-state index contributed by atoms with van der Waals surface area (Å²) < 4.78 is 44.2. The van der Waals surface area contributed by atoms with Gasteiger partial charge in [0.2, 0.25) is 0 Å². The van der Waals surface area contributed by atoms with E-state index in [1.165, 1.54) is 0 Å². The molecular formula is C25H19F3N2O3. The molecule has 1 N–H and O–H groups in total. The summed E-state index contributed by atoms with van der Waals surface area (Å²) in [5.74, 6) is -0.632. The summed E-state index contributed by atoms with van der Waals surface area (Å²) in [5, 5.41) is 3.01. The van der Waals surface area contributed by atoms with E-state index in [2.05, 4.69) is 5.32 Å². The highest BCUT2D eigenvalue weighted by Crippen LogP contribution is 2.36. The fraction of sp³-hybridized carbons (Fsp3) is 0.120. The van der Waals surface area contributed by atoms with Crippen LogP contribution in [0.3, 0.4) is 0 Å². The molecule has 8 heteroatoms. The molecule has 2 amide bonds. The van der Waals surface area contributed by atoms with Crippen LogP contribution in [0.5, 0.6) is 5.75 Å². The molecular weight excluding hydrogens is 433 g/mol. The second kappa shape index (κ2) is 8.82. The molecule has 0 atom stereocenters. The molecule has 1 aliphatic rings. The minimum Gasteiger partial charge on any atom is -0.494 e. The SMILES string of the molecule is CCOc1ccc(NC2=C(c3ccccc3)C(=O)N(c3ccc(C(F)(F)F)cc3)C2=O)cc1. The lowest BCUT2D eigenvalue weighted by Gasteiger charge is -2.16. The molecule has 0 unspecified atom stereocenters. The number of rotatable bonds is 6. The van der Waals surface area contributed by atoms with Crippen LogP contribution < -0.4 is 15.0 Å². The normalized spacial score (nSPS) is 14.1. The Balaban J connectivity index is 1.72. The maximum Gasteiger partial charge on any atom is 0.416 e. The maximum atomic E-state index is 13.3. The molecule has 0 spiro atoms. The zero-order valence-electron chi connectivity index (χ0n) is 17.5. The largest absolute Gasteiger partial charge is 0.494 e. The van der Waals surface area contributed by atoms with Gasteiger partial charge in [0.05, 0.1) is 23.4 Å². The molecule has 1 heterocycles. The van der Waals surface area contributed by atoms with E-state index in [1.54, 1.807) is 54.6 Å². The van der Waals surface area contributed by atoms with Gasteiger partial charge in [-0.15, -0.1) is 0 Å².